The standard InChI is InChI=1S/C29H36N2O5/c32-18-17-31(22-24-12-6-2-7-13-24)27(33)21-25-14-8-3-9-15-26(20-23-10-4-1-5-11-23)29(35)36-19-16-30-28(25)34/h1-8,10-13,25-26,32H,9,14-22H2,(H,30,34). The summed E-state index contributed by atoms with van der Waals surface area (Å²) in [6.45, 7) is 0.723. The lowest BCUT2D eigenvalue weighted by Gasteiger charge is -2.24. The molecule has 2 aromatic rings. The lowest BCUT2D eigenvalue weighted by molar-refractivity contribution is -0.149. The third-order valence-corrected chi connectivity index (χ3v) is 6.30. The van der Waals surface area contributed by atoms with Crippen molar-refractivity contribution in [1.29, 1.82) is 0 Å². The smallest absolute Gasteiger partial charge is 0.309 e. The molecule has 36 heavy (non-hydrogen) atoms. The summed E-state index contributed by atoms with van der Waals surface area (Å²) in [5.74, 6) is -1.47. The molecule has 0 bridgehead atoms. The van der Waals surface area contributed by atoms with Gasteiger partial charge in [-0.1, -0.05) is 72.8 Å². The number of aliphatic hydroxyl groups is 1. The Bertz CT molecular complexity index is 993. The van der Waals surface area contributed by atoms with Gasteiger partial charge >= 0.3 is 5.97 Å². The van der Waals surface area contributed by atoms with Gasteiger partial charge in [0.1, 0.15) is 6.61 Å². The molecular formula is C29H36N2O5. The number of cyclic esters (lactones) is 1. The molecule has 0 aromatic heterocycles. The Hall–Kier alpha value is -3.45. The van der Waals surface area contributed by atoms with E-state index in [1.54, 1.807) is 4.90 Å². The number of nitrogens with one attached hydrogen (secondary N) is 1. The maximum Gasteiger partial charge on any atom is 0.309 e. The number of hydrogen-bond acceptors (Lipinski definition) is 5. The Kier molecular flexibility index (Phi) is 11.2. The van der Waals surface area contributed by atoms with E-state index in [0.717, 1.165) is 11.1 Å². The highest BCUT2D eigenvalue weighted by molar-refractivity contribution is 5.86. The van der Waals surface area contributed by atoms with Crippen molar-refractivity contribution in [3.8, 4) is 0 Å². The minimum atomic E-state index is -0.540. The highest BCUT2D eigenvalue weighted by atomic mass is 16.5. The number of hydrogen-bond donors (Lipinski definition) is 2. The number of benzene rings is 2. The van der Waals surface area contributed by atoms with E-state index >= 15 is 0 Å². The molecule has 0 saturated heterocycles. The summed E-state index contributed by atoms with van der Waals surface area (Å²) >= 11 is 0. The minimum Gasteiger partial charge on any atom is -0.464 e. The third-order valence-electron chi connectivity index (χ3n) is 6.30. The van der Waals surface area contributed by atoms with Gasteiger partial charge in [0.25, 0.3) is 0 Å². The summed E-state index contributed by atoms with van der Waals surface area (Å²) in [5, 5.41) is 12.3. The lowest BCUT2D eigenvalue weighted by Crippen LogP contribution is -2.39. The molecular weight excluding hydrogens is 456 g/mol. The summed E-state index contributed by atoms with van der Waals surface area (Å²) < 4.78 is 5.46. The van der Waals surface area contributed by atoms with Crippen LogP contribution in [-0.4, -0.2) is 54.1 Å². The zero-order chi connectivity index (χ0) is 25.6. The van der Waals surface area contributed by atoms with E-state index in [1.807, 2.05) is 72.8 Å². The number of allylic oxidation sites excluding steroid dienone is 2. The zero-order valence-electron chi connectivity index (χ0n) is 20.7. The molecule has 0 radical (unpaired) electrons. The highest BCUT2D eigenvalue weighted by Crippen LogP contribution is 2.19. The molecule has 0 aliphatic carbocycles. The minimum absolute atomic E-state index is 0.0411. The number of carbonyl (C=O) groups excluding carboxylic acids is 3. The van der Waals surface area contributed by atoms with Crippen molar-refractivity contribution in [3.63, 3.8) is 0 Å². The van der Waals surface area contributed by atoms with Gasteiger partial charge in [0.15, 0.2) is 0 Å². The SMILES string of the molecule is O=C1NCCOC(=O)C(Cc2ccccc2)CCC=CCC1CC(=O)N(CCO)Cc1ccccc1. The van der Waals surface area contributed by atoms with Gasteiger partial charge in [0.05, 0.1) is 25.0 Å². The van der Waals surface area contributed by atoms with Crippen LogP contribution < -0.4 is 5.32 Å². The molecule has 3 rings (SSSR count). The molecule has 2 atom stereocenters. The summed E-state index contributed by atoms with van der Waals surface area (Å²) in [6.07, 6.45) is 6.31. The van der Waals surface area contributed by atoms with Crippen LogP contribution in [0.15, 0.2) is 72.8 Å². The van der Waals surface area contributed by atoms with E-state index in [9.17, 15) is 19.5 Å². The largest absolute Gasteiger partial charge is 0.464 e. The zero-order valence-corrected chi connectivity index (χ0v) is 20.7. The van der Waals surface area contributed by atoms with Crippen molar-refractivity contribution in [2.75, 3.05) is 26.3 Å². The fourth-order valence-corrected chi connectivity index (χ4v) is 4.31. The predicted octanol–water partition coefficient (Wildman–Crippen LogP) is 3.27. The number of esters is 1. The van der Waals surface area contributed by atoms with Crippen LogP contribution in [0.5, 0.6) is 0 Å². The van der Waals surface area contributed by atoms with Crippen LogP contribution in [0.2, 0.25) is 0 Å². The second kappa shape index (κ2) is 14.8. The second-order valence-corrected chi connectivity index (χ2v) is 9.06. The summed E-state index contributed by atoms with van der Waals surface area (Å²) in [5.41, 5.74) is 2.05. The van der Waals surface area contributed by atoms with Crippen molar-refractivity contribution in [3.05, 3.63) is 83.9 Å². The van der Waals surface area contributed by atoms with E-state index in [0.29, 0.717) is 32.2 Å². The molecule has 2 unspecified atom stereocenters. The van der Waals surface area contributed by atoms with Gasteiger partial charge < -0.3 is 20.1 Å². The highest BCUT2D eigenvalue weighted by Gasteiger charge is 2.25. The molecule has 0 spiro atoms. The van der Waals surface area contributed by atoms with Gasteiger partial charge in [-0.25, -0.2) is 0 Å². The number of amides is 2. The van der Waals surface area contributed by atoms with Gasteiger partial charge in [-0.05, 0) is 36.8 Å². The molecule has 7 nitrogen and oxygen atoms in total. The summed E-state index contributed by atoms with van der Waals surface area (Å²) in [6, 6.07) is 19.4. The van der Waals surface area contributed by atoms with E-state index in [2.05, 4.69) is 5.32 Å². The van der Waals surface area contributed by atoms with Crippen molar-refractivity contribution in [2.45, 2.75) is 38.6 Å². The van der Waals surface area contributed by atoms with Gasteiger partial charge in [0, 0.05) is 19.5 Å². The van der Waals surface area contributed by atoms with Gasteiger partial charge in [-0.3, -0.25) is 14.4 Å². The summed E-state index contributed by atoms with van der Waals surface area (Å²) in [4.78, 5) is 40.2. The first-order valence-corrected chi connectivity index (χ1v) is 12.6. The predicted molar refractivity (Wildman–Crippen MR) is 138 cm³/mol. The Morgan fingerprint density at radius 2 is 1.67 bits per heavy atom. The maximum absolute atomic E-state index is 13.1. The third kappa shape index (κ3) is 8.96. The molecule has 2 aromatic carbocycles. The second-order valence-electron chi connectivity index (χ2n) is 9.06. The monoisotopic (exact) mass is 492 g/mol. The molecule has 1 aliphatic rings. The van der Waals surface area contributed by atoms with Crippen molar-refractivity contribution in [2.24, 2.45) is 11.8 Å². The average Bonchev–Trinajstić information content (AvgIpc) is 2.90. The number of nitrogens with zero attached hydrogens (tertiary/aromatic N) is 1. The molecule has 2 amide bonds. The lowest BCUT2D eigenvalue weighted by atomic mass is 9.94. The molecule has 7 heteroatoms. The fourth-order valence-electron chi connectivity index (χ4n) is 4.31. The quantitative estimate of drug-likeness (QED) is 0.436. The van der Waals surface area contributed by atoms with Crippen LogP contribution in [0.25, 0.3) is 0 Å². The molecule has 0 fully saturated rings. The van der Waals surface area contributed by atoms with Crippen LogP contribution in [0.3, 0.4) is 0 Å². The number of ether oxygens (including phenoxy) is 1. The maximum atomic E-state index is 13.1. The van der Waals surface area contributed by atoms with Crippen LogP contribution in [-0.2, 0) is 32.1 Å². The van der Waals surface area contributed by atoms with Crippen molar-refractivity contribution in [1.82, 2.24) is 10.2 Å². The Morgan fingerprint density at radius 3 is 2.36 bits per heavy atom. The first-order chi connectivity index (χ1) is 17.6. The first kappa shape index (κ1) is 27.1. The normalized spacial score (nSPS) is 19.2. The van der Waals surface area contributed by atoms with Crippen LogP contribution >= 0.6 is 0 Å². The van der Waals surface area contributed by atoms with E-state index in [4.69, 9.17) is 4.74 Å². The topological polar surface area (TPSA) is 95.9 Å². The molecule has 2 N–H and O–H groups in total. The Balaban J connectivity index is 1.62. The first-order valence-electron chi connectivity index (χ1n) is 12.6. The van der Waals surface area contributed by atoms with E-state index in [1.165, 1.54) is 0 Å². The van der Waals surface area contributed by atoms with Crippen molar-refractivity contribution < 1.29 is 24.2 Å². The van der Waals surface area contributed by atoms with Crippen LogP contribution in [0.4, 0.5) is 0 Å². The molecule has 1 heterocycles. The van der Waals surface area contributed by atoms with Crippen molar-refractivity contribution >= 4 is 17.8 Å². The number of rotatable bonds is 8. The van der Waals surface area contributed by atoms with Gasteiger partial charge in [0.2, 0.25) is 11.8 Å². The number of aliphatic hydroxyl groups excluding tert-OH is 1. The Labute approximate surface area is 213 Å². The van der Waals surface area contributed by atoms with Gasteiger partial charge in [-0.15, -0.1) is 0 Å². The number of carbonyl (C=O) groups is 3. The van der Waals surface area contributed by atoms with Crippen LogP contribution in [0, 0.1) is 11.8 Å². The van der Waals surface area contributed by atoms with Crippen LogP contribution in [0.1, 0.15) is 36.8 Å². The average molecular weight is 493 g/mol. The summed E-state index contributed by atoms with van der Waals surface area (Å²) in [7, 11) is 0. The van der Waals surface area contributed by atoms with Gasteiger partial charge in [-0.2, -0.15) is 0 Å². The van der Waals surface area contributed by atoms with E-state index in [-0.39, 0.29) is 56.4 Å². The molecule has 0 saturated carbocycles. The van der Waals surface area contributed by atoms with E-state index < -0.39 is 5.92 Å². The fraction of sp³-hybridized carbons (Fsp3) is 0.414. The molecule has 192 valence electrons. The molecule has 1 aliphatic heterocycles. The Morgan fingerprint density at radius 1 is 0.972 bits per heavy atom.